The highest BCUT2D eigenvalue weighted by atomic mass is 16.7. The van der Waals surface area contributed by atoms with Gasteiger partial charge in [-0.15, -0.1) is 6.58 Å². The molecule has 0 bridgehead atoms. The molecule has 0 radical (unpaired) electrons. The van der Waals surface area contributed by atoms with E-state index in [1.165, 1.54) is 0 Å². The average Bonchev–Trinajstić information content (AvgIpc) is 3.07. The molecule has 4 atom stereocenters. The lowest BCUT2D eigenvalue weighted by Gasteiger charge is -2.17. The monoisotopic (exact) mass is 287 g/mol. The van der Waals surface area contributed by atoms with Gasteiger partial charge >= 0.3 is 0 Å². The Kier molecular flexibility index (Phi) is 3.97. The lowest BCUT2D eigenvalue weighted by atomic mass is 9.88. The van der Waals surface area contributed by atoms with Gasteiger partial charge in [0.25, 0.3) is 0 Å². The lowest BCUT2D eigenvalue weighted by molar-refractivity contribution is -0.0145. The molecular formula is C17H21NO3. The van der Waals surface area contributed by atoms with E-state index < -0.39 is 0 Å². The van der Waals surface area contributed by atoms with E-state index in [2.05, 4.69) is 18.7 Å². The van der Waals surface area contributed by atoms with E-state index in [1.807, 2.05) is 30.3 Å². The molecule has 2 aliphatic heterocycles. The highest BCUT2D eigenvalue weighted by Gasteiger charge is 2.48. The number of allylic oxidation sites excluding steroid dienone is 1. The summed E-state index contributed by atoms with van der Waals surface area (Å²) in [7, 11) is 1.66. The first kappa shape index (κ1) is 14.1. The zero-order valence-electron chi connectivity index (χ0n) is 12.5. The van der Waals surface area contributed by atoms with Crippen molar-refractivity contribution in [1.82, 2.24) is 0 Å². The van der Waals surface area contributed by atoms with Crippen molar-refractivity contribution in [1.29, 1.82) is 0 Å². The van der Waals surface area contributed by atoms with Crippen LogP contribution in [-0.2, 0) is 9.57 Å². The maximum absolute atomic E-state index is 6.12. The molecule has 0 aliphatic carbocycles. The van der Waals surface area contributed by atoms with Crippen LogP contribution in [0.1, 0.15) is 31.4 Å². The minimum absolute atomic E-state index is 0.107. The van der Waals surface area contributed by atoms with Gasteiger partial charge in [-0.25, -0.2) is 0 Å². The minimum Gasteiger partial charge on any atom is -0.497 e. The molecule has 3 rings (SSSR count). The van der Waals surface area contributed by atoms with Crippen molar-refractivity contribution >= 4 is 5.71 Å². The van der Waals surface area contributed by atoms with Gasteiger partial charge in [0.15, 0.2) is 0 Å². The molecule has 0 amide bonds. The molecule has 1 saturated heterocycles. The summed E-state index contributed by atoms with van der Waals surface area (Å²) < 4.78 is 11.3. The summed E-state index contributed by atoms with van der Waals surface area (Å²) in [5.74, 6) is 1.09. The van der Waals surface area contributed by atoms with E-state index in [0.29, 0.717) is 0 Å². The number of hydrogen-bond donors (Lipinski definition) is 0. The molecule has 4 heteroatoms. The van der Waals surface area contributed by atoms with Gasteiger partial charge in [-0.2, -0.15) is 0 Å². The Morgan fingerprint density at radius 1 is 1.33 bits per heavy atom. The summed E-state index contributed by atoms with van der Waals surface area (Å²) in [6, 6.07) is 7.95. The van der Waals surface area contributed by atoms with Crippen molar-refractivity contribution in [3.63, 3.8) is 0 Å². The SMILES string of the molecule is C=CCC[C@@H]1ON=C2[C@H]1[C@@H](C)O[C@H]2c1ccc(OC)cc1. The average molecular weight is 287 g/mol. The molecule has 0 unspecified atom stereocenters. The van der Waals surface area contributed by atoms with Gasteiger partial charge in [0.2, 0.25) is 0 Å². The topological polar surface area (TPSA) is 40.0 Å². The third-order valence-electron chi connectivity index (χ3n) is 4.23. The van der Waals surface area contributed by atoms with E-state index in [-0.39, 0.29) is 24.2 Å². The first-order valence-electron chi connectivity index (χ1n) is 7.38. The quantitative estimate of drug-likeness (QED) is 0.778. The van der Waals surface area contributed by atoms with Crippen LogP contribution in [0, 0.1) is 5.92 Å². The fourth-order valence-electron chi connectivity index (χ4n) is 3.12. The summed E-state index contributed by atoms with van der Waals surface area (Å²) in [6.45, 7) is 5.87. The van der Waals surface area contributed by atoms with E-state index in [1.54, 1.807) is 7.11 Å². The number of benzene rings is 1. The summed E-state index contributed by atoms with van der Waals surface area (Å²) in [4.78, 5) is 5.62. The largest absolute Gasteiger partial charge is 0.497 e. The van der Waals surface area contributed by atoms with Crippen molar-refractivity contribution in [2.75, 3.05) is 7.11 Å². The van der Waals surface area contributed by atoms with Gasteiger partial charge < -0.3 is 14.3 Å². The van der Waals surface area contributed by atoms with Gasteiger partial charge in [0, 0.05) is 0 Å². The van der Waals surface area contributed by atoms with Crippen LogP contribution >= 0.6 is 0 Å². The van der Waals surface area contributed by atoms with E-state index in [0.717, 1.165) is 29.9 Å². The Balaban J connectivity index is 1.78. The zero-order valence-corrected chi connectivity index (χ0v) is 12.5. The second kappa shape index (κ2) is 5.90. The molecule has 0 spiro atoms. The minimum atomic E-state index is -0.107. The number of nitrogens with zero attached hydrogens (tertiary/aromatic N) is 1. The highest BCUT2D eigenvalue weighted by Crippen LogP contribution is 2.42. The Bertz CT molecular complexity index is 537. The summed E-state index contributed by atoms with van der Waals surface area (Å²) in [5.41, 5.74) is 2.11. The maximum atomic E-state index is 6.12. The van der Waals surface area contributed by atoms with Gasteiger partial charge in [0.05, 0.1) is 24.8 Å². The van der Waals surface area contributed by atoms with E-state index >= 15 is 0 Å². The molecule has 1 fully saturated rings. The normalized spacial score (nSPS) is 30.5. The van der Waals surface area contributed by atoms with Gasteiger partial charge in [-0.05, 0) is 37.5 Å². The van der Waals surface area contributed by atoms with Crippen molar-refractivity contribution < 1.29 is 14.3 Å². The third kappa shape index (κ3) is 2.56. The van der Waals surface area contributed by atoms with Crippen molar-refractivity contribution in [3.05, 3.63) is 42.5 Å². The predicted molar refractivity (Wildman–Crippen MR) is 81.5 cm³/mol. The summed E-state index contributed by atoms with van der Waals surface area (Å²) in [6.07, 6.45) is 3.91. The van der Waals surface area contributed by atoms with Gasteiger partial charge in [-0.3, -0.25) is 0 Å². The van der Waals surface area contributed by atoms with E-state index in [4.69, 9.17) is 14.3 Å². The number of methoxy groups -OCH3 is 1. The molecule has 2 heterocycles. The van der Waals surface area contributed by atoms with Gasteiger partial charge in [0.1, 0.15) is 18.0 Å². The molecule has 21 heavy (non-hydrogen) atoms. The van der Waals surface area contributed by atoms with Crippen LogP contribution in [0.25, 0.3) is 0 Å². The number of fused-ring (bicyclic) bond motifs is 1. The molecule has 1 aromatic rings. The van der Waals surface area contributed by atoms with Crippen LogP contribution in [0.4, 0.5) is 0 Å². The Labute approximate surface area is 125 Å². The number of ether oxygens (including phenoxy) is 2. The maximum Gasteiger partial charge on any atom is 0.138 e. The molecule has 0 aromatic heterocycles. The zero-order chi connectivity index (χ0) is 14.8. The van der Waals surface area contributed by atoms with Crippen LogP contribution in [0.3, 0.4) is 0 Å². The number of hydrogen-bond acceptors (Lipinski definition) is 4. The fourth-order valence-corrected chi connectivity index (χ4v) is 3.12. The summed E-state index contributed by atoms with van der Waals surface area (Å²) >= 11 is 0. The van der Waals surface area contributed by atoms with Crippen molar-refractivity contribution in [3.8, 4) is 5.75 Å². The van der Waals surface area contributed by atoms with Crippen LogP contribution in [-0.4, -0.2) is 25.0 Å². The Morgan fingerprint density at radius 3 is 2.76 bits per heavy atom. The molecule has 4 nitrogen and oxygen atoms in total. The highest BCUT2D eigenvalue weighted by molar-refractivity contribution is 5.94. The third-order valence-corrected chi connectivity index (χ3v) is 4.23. The molecule has 1 aromatic carbocycles. The molecule has 2 aliphatic rings. The first-order chi connectivity index (χ1) is 10.2. The number of rotatable bonds is 5. The smallest absolute Gasteiger partial charge is 0.138 e. The second-order valence-electron chi connectivity index (χ2n) is 5.55. The van der Waals surface area contributed by atoms with Crippen LogP contribution in [0.2, 0.25) is 0 Å². The molecule has 0 saturated carbocycles. The lowest BCUT2D eigenvalue weighted by Crippen LogP contribution is -2.27. The Morgan fingerprint density at radius 2 is 2.10 bits per heavy atom. The van der Waals surface area contributed by atoms with Crippen LogP contribution < -0.4 is 4.74 Å². The van der Waals surface area contributed by atoms with Crippen molar-refractivity contribution in [2.45, 2.75) is 38.1 Å². The van der Waals surface area contributed by atoms with Crippen molar-refractivity contribution in [2.24, 2.45) is 11.1 Å². The molecule has 112 valence electrons. The predicted octanol–water partition coefficient (Wildman–Crippen LogP) is 3.49. The Hall–Kier alpha value is -1.81. The first-order valence-corrected chi connectivity index (χ1v) is 7.38. The fraction of sp³-hybridized carbons (Fsp3) is 0.471. The summed E-state index contributed by atoms with van der Waals surface area (Å²) in [5, 5.41) is 4.31. The van der Waals surface area contributed by atoms with Gasteiger partial charge in [-0.1, -0.05) is 23.4 Å². The van der Waals surface area contributed by atoms with Crippen LogP contribution in [0.5, 0.6) is 5.75 Å². The van der Waals surface area contributed by atoms with E-state index in [9.17, 15) is 0 Å². The molecule has 0 N–H and O–H groups in total. The molecular weight excluding hydrogens is 266 g/mol. The number of oxime groups is 1. The second-order valence-corrected chi connectivity index (χ2v) is 5.55. The van der Waals surface area contributed by atoms with Crippen LogP contribution in [0.15, 0.2) is 42.1 Å². The standard InChI is InChI=1S/C17H21NO3/c1-4-5-6-14-15-11(2)20-17(16(15)18-21-14)12-7-9-13(19-3)10-8-12/h4,7-11,14-15,17H,1,5-6H2,2-3H3/t11-,14+,15+,17+/m1/s1.